The van der Waals surface area contributed by atoms with Gasteiger partial charge in [-0.3, -0.25) is 9.69 Å². The van der Waals surface area contributed by atoms with Crippen LogP contribution in [0.15, 0.2) is 48.5 Å². The molecule has 0 radical (unpaired) electrons. The number of benzene rings is 2. The molecule has 1 saturated heterocycles. The first kappa shape index (κ1) is 19.0. The van der Waals surface area contributed by atoms with Crippen molar-refractivity contribution < 1.29 is 18.7 Å². The largest absolute Gasteiger partial charge is 0.465 e. The normalized spacial score (nSPS) is 15.3. The third kappa shape index (κ3) is 4.92. The van der Waals surface area contributed by atoms with Gasteiger partial charge in [-0.05, 0) is 48.4 Å². The summed E-state index contributed by atoms with van der Waals surface area (Å²) in [5, 5.41) is 0. The van der Waals surface area contributed by atoms with E-state index >= 15 is 0 Å². The second-order valence-corrected chi connectivity index (χ2v) is 6.62. The van der Waals surface area contributed by atoms with Gasteiger partial charge in [-0.25, -0.2) is 9.18 Å². The third-order valence-electron chi connectivity index (χ3n) is 4.75. The highest BCUT2D eigenvalue weighted by molar-refractivity contribution is 5.94. The molecule has 0 unspecified atom stereocenters. The molecule has 3 rings (SSSR count). The molecule has 0 aliphatic carbocycles. The fourth-order valence-electron chi connectivity index (χ4n) is 3.23. The van der Waals surface area contributed by atoms with Gasteiger partial charge in [0, 0.05) is 38.3 Å². The summed E-state index contributed by atoms with van der Waals surface area (Å²) in [6.45, 7) is 3.75. The summed E-state index contributed by atoms with van der Waals surface area (Å²) in [7, 11) is 1.37. The van der Waals surface area contributed by atoms with Gasteiger partial charge < -0.3 is 9.64 Å². The van der Waals surface area contributed by atoms with Crippen LogP contribution in [0.4, 0.5) is 4.39 Å². The maximum Gasteiger partial charge on any atom is 0.337 e. The number of hydrogen-bond donors (Lipinski definition) is 0. The van der Waals surface area contributed by atoms with Crippen LogP contribution in [0.25, 0.3) is 0 Å². The number of halogens is 1. The van der Waals surface area contributed by atoms with Gasteiger partial charge >= 0.3 is 5.97 Å². The van der Waals surface area contributed by atoms with E-state index in [-0.39, 0.29) is 17.7 Å². The van der Waals surface area contributed by atoms with E-state index in [1.165, 1.54) is 31.4 Å². The number of carbonyl (C=O) groups excluding carboxylic acids is 2. The van der Waals surface area contributed by atoms with E-state index in [9.17, 15) is 14.0 Å². The van der Waals surface area contributed by atoms with Gasteiger partial charge in [0.05, 0.1) is 12.7 Å². The molecule has 5 nitrogen and oxygen atoms in total. The van der Waals surface area contributed by atoms with Crippen molar-refractivity contribution in [3.05, 3.63) is 71.0 Å². The van der Waals surface area contributed by atoms with E-state index in [4.69, 9.17) is 4.74 Å². The highest BCUT2D eigenvalue weighted by Crippen LogP contribution is 2.13. The standard InChI is InChI=1S/C21H23FN2O3/c1-27-21(26)18-5-3-16(4-6-18)15-23-11-2-12-24(14-13-23)20(25)17-7-9-19(22)10-8-17/h3-10H,2,11-15H2,1H3. The van der Waals surface area contributed by atoms with Crippen LogP contribution in [0.1, 0.15) is 32.7 Å². The number of methoxy groups -OCH3 is 1. The molecular formula is C21H23FN2O3. The zero-order valence-electron chi connectivity index (χ0n) is 15.4. The molecule has 2 aromatic rings. The monoisotopic (exact) mass is 370 g/mol. The number of nitrogens with zero attached hydrogens (tertiary/aromatic N) is 2. The van der Waals surface area contributed by atoms with Crippen LogP contribution < -0.4 is 0 Å². The van der Waals surface area contributed by atoms with Gasteiger partial charge in [-0.2, -0.15) is 0 Å². The van der Waals surface area contributed by atoms with Gasteiger partial charge in [0.15, 0.2) is 0 Å². The molecule has 0 atom stereocenters. The van der Waals surface area contributed by atoms with E-state index in [0.29, 0.717) is 24.2 Å². The molecule has 142 valence electrons. The Hall–Kier alpha value is -2.73. The van der Waals surface area contributed by atoms with Crippen molar-refractivity contribution in [1.82, 2.24) is 9.80 Å². The number of ether oxygens (including phenoxy) is 1. The maximum absolute atomic E-state index is 13.0. The lowest BCUT2D eigenvalue weighted by Gasteiger charge is -2.22. The van der Waals surface area contributed by atoms with Crippen molar-refractivity contribution in [3.63, 3.8) is 0 Å². The zero-order valence-corrected chi connectivity index (χ0v) is 15.4. The minimum atomic E-state index is -0.341. The zero-order chi connectivity index (χ0) is 19.2. The molecule has 2 aromatic carbocycles. The van der Waals surface area contributed by atoms with Crippen molar-refractivity contribution in [1.29, 1.82) is 0 Å². The van der Waals surface area contributed by atoms with E-state index in [0.717, 1.165) is 31.6 Å². The van der Waals surface area contributed by atoms with Gasteiger partial charge in [0.2, 0.25) is 0 Å². The van der Waals surface area contributed by atoms with Gasteiger partial charge in [0.1, 0.15) is 5.82 Å². The Bertz CT molecular complexity index is 790. The molecule has 1 aliphatic rings. The molecule has 0 saturated carbocycles. The smallest absolute Gasteiger partial charge is 0.337 e. The Morgan fingerprint density at radius 2 is 1.59 bits per heavy atom. The molecule has 1 aliphatic heterocycles. The fraction of sp³-hybridized carbons (Fsp3) is 0.333. The van der Waals surface area contributed by atoms with Crippen molar-refractivity contribution in [2.75, 3.05) is 33.3 Å². The van der Waals surface area contributed by atoms with Gasteiger partial charge in [-0.1, -0.05) is 12.1 Å². The molecule has 1 heterocycles. The predicted molar refractivity (Wildman–Crippen MR) is 100.0 cm³/mol. The van der Waals surface area contributed by atoms with Crippen LogP contribution in [-0.4, -0.2) is 55.0 Å². The van der Waals surface area contributed by atoms with Crippen molar-refractivity contribution in [2.24, 2.45) is 0 Å². The van der Waals surface area contributed by atoms with Crippen LogP contribution in [0.3, 0.4) is 0 Å². The number of rotatable bonds is 4. The Morgan fingerprint density at radius 3 is 2.26 bits per heavy atom. The summed E-state index contributed by atoms with van der Waals surface area (Å²) >= 11 is 0. The molecule has 0 bridgehead atoms. The van der Waals surface area contributed by atoms with E-state index in [2.05, 4.69) is 4.90 Å². The van der Waals surface area contributed by atoms with Crippen LogP contribution in [-0.2, 0) is 11.3 Å². The lowest BCUT2D eigenvalue weighted by molar-refractivity contribution is 0.0600. The predicted octanol–water partition coefficient (Wildman–Crippen LogP) is 2.96. The Balaban J connectivity index is 1.57. The average molecular weight is 370 g/mol. The molecule has 1 fully saturated rings. The topological polar surface area (TPSA) is 49.9 Å². The van der Waals surface area contributed by atoms with Crippen molar-refractivity contribution in [2.45, 2.75) is 13.0 Å². The minimum Gasteiger partial charge on any atom is -0.465 e. The summed E-state index contributed by atoms with van der Waals surface area (Å²) in [4.78, 5) is 28.2. The number of hydrogen-bond acceptors (Lipinski definition) is 4. The highest BCUT2D eigenvalue weighted by atomic mass is 19.1. The second-order valence-electron chi connectivity index (χ2n) is 6.62. The van der Waals surface area contributed by atoms with Crippen molar-refractivity contribution in [3.8, 4) is 0 Å². The van der Waals surface area contributed by atoms with Crippen LogP contribution in [0.5, 0.6) is 0 Å². The van der Waals surface area contributed by atoms with Gasteiger partial charge in [-0.15, -0.1) is 0 Å². The molecule has 6 heteroatoms. The maximum atomic E-state index is 13.0. The Morgan fingerprint density at radius 1 is 0.926 bits per heavy atom. The summed E-state index contributed by atoms with van der Waals surface area (Å²) in [5.74, 6) is -0.739. The molecule has 0 N–H and O–H groups in total. The quantitative estimate of drug-likeness (QED) is 0.777. The Kier molecular flexibility index (Phi) is 6.19. The summed E-state index contributed by atoms with van der Waals surface area (Å²) in [6, 6.07) is 13.1. The molecular weight excluding hydrogens is 347 g/mol. The molecule has 27 heavy (non-hydrogen) atoms. The lowest BCUT2D eigenvalue weighted by Crippen LogP contribution is -2.35. The first-order valence-corrected chi connectivity index (χ1v) is 9.01. The highest BCUT2D eigenvalue weighted by Gasteiger charge is 2.20. The summed E-state index contributed by atoms with van der Waals surface area (Å²) in [6.07, 6.45) is 0.882. The number of amides is 1. The van der Waals surface area contributed by atoms with Crippen LogP contribution in [0, 0.1) is 5.82 Å². The molecule has 0 aromatic heterocycles. The Labute approximate surface area is 158 Å². The minimum absolute atomic E-state index is 0.0562. The first-order chi connectivity index (χ1) is 13.1. The van der Waals surface area contributed by atoms with E-state index in [1.807, 2.05) is 17.0 Å². The lowest BCUT2D eigenvalue weighted by atomic mass is 10.1. The summed E-state index contributed by atoms with van der Waals surface area (Å²) in [5.41, 5.74) is 2.16. The first-order valence-electron chi connectivity index (χ1n) is 9.01. The second kappa shape index (κ2) is 8.77. The SMILES string of the molecule is COC(=O)c1ccc(CN2CCCN(C(=O)c3ccc(F)cc3)CC2)cc1. The fourth-order valence-corrected chi connectivity index (χ4v) is 3.23. The van der Waals surface area contributed by atoms with Crippen LogP contribution >= 0.6 is 0 Å². The molecule has 1 amide bonds. The number of esters is 1. The number of carbonyl (C=O) groups is 2. The van der Waals surface area contributed by atoms with Crippen LogP contribution in [0.2, 0.25) is 0 Å². The summed E-state index contributed by atoms with van der Waals surface area (Å²) < 4.78 is 17.8. The van der Waals surface area contributed by atoms with Crippen molar-refractivity contribution >= 4 is 11.9 Å². The third-order valence-corrected chi connectivity index (χ3v) is 4.75. The van der Waals surface area contributed by atoms with Gasteiger partial charge in [0.25, 0.3) is 5.91 Å². The van der Waals surface area contributed by atoms with E-state index in [1.54, 1.807) is 12.1 Å². The average Bonchev–Trinajstić information content (AvgIpc) is 2.93. The molecule has 0 spiro atoms. The van der Waals surface area contributed by atoms with E-state index < -0.39 is 0 Å².